The van der Waals surface area contributed by atoms with Crippen LogP contribution in [0.4, 0.5) is 11.4 Å². The molecule has 0 saturated heterocycles. The summed E-state index contributed by atoms with van der Waals surface area (Å²) in [6.45, 7) is 6.65. The second-order valence-electron chi connectivity index (χ2n) is 5.89. The molecule has 21 heavy (non-hydrogen) atoms. The summed E-state index contributed by atoms with van der Waals surface area (Å²) in [5.41, 5.74) is 2.96. The number of unbranched alkanes of at least 4 members (excludes halogenated alkanes) is 1. The minimum Gasteiger partial charge on any atom is -0.326 e. The number of aryl methyl sites for hydroxylation is 1. The van der Waals surface area contributed by atoms with Gasteiger partial charge in [-0.25, -0.2) is 0 Å². The van der Waals surface area contributed by atoms with Gasteiger partial charge in [0, 0.05) is 30.3 Å². The lowest BCUT2D eigenvalue weighted by Gasteiger charge is -2.30. The van der Waals surface area contributed by atoms with Crippen molar-refractivity contribution in [3.8, 4) is 0 Å². The van der Waals surface area contributed by atoms with E-state index < -0.39 is 0 Å². The van der Waals surface area contributed by atoms with Gasteiger partial charge in [-0.15, -0.1) is 0 Å². The van der Waals surface area contributed by atoms with Gasteiger partial charge in [-0.1, -0.05) is 27.2 Å². The van der Waals surface area contributed by atoms with Crippen molar-refractivity contribution in [1.82, 2.24) is 0 Å². The second-order valence-corrected chi connectivity index (χ2v) is 5.89. The van der Waals surface area contributed by atoms with E-state index in [2.05, 4.69) is 12.2 Å². The van der Waals surface area contributed by atoms with Crippen molar-refractivity contribution in [2.75, 3.05) is 16.8 Å². The topological polar surface area (TPSA) is 49.4 Å². The molecule has 114 valence electrons. The number of fused-ring (bicyclic) bond motifs is 1. The zero-order valence-corrected chi connectivity index (χ0v) is 13.1. The van der Waals surface area contributed by atoms with Crippen LogP contribution in [-0.4, -0.2) is 18.4 Å². The number of benzene rings is 1. The van der Waals surface area contributed by atoms with Crippen molar-refractivity contribution < 1.29 is 9.59 Å². The molecule has 4 heteroatoms. The molecular weight excluding hydrogens is 264 g/mol. The Morgan fingerprint density at radius 3 is 2.76 bits per heavy atom. The number of carbonyl (C=O) groups excluding carboxylic acids is 2. The average Bonchev–Trinajstić information content (AvgIpc) is 2.46. The summed E-state index contributed by atoms with van der Waals surface area (Å²) in [6, 6.07) is 5.84. The Hall–Kier alpha value is -1.84. The van der Waals surface area contributed by atoms with Crippen LogP contribution in [0.1, 0.15) is 45.6 Å². The molecule has 0 atom stereocenters. The van der Waals surface area contributed by atoms with Crippen LogP contribution < -0.4 is 10.2 Å². The third-order valence-electron chi connectivity index (χ3n) is 3.81. The van der Waals surface area contributed by atoms with Crippen LogP contribution in [0.3, 0.4) is 0 Å². The summed E-state index contributed by atoms with van der Waals surface area (Å²) in [6.07, 6.45) is 3.39. The van der Waals surface area contributed by atoms with Gasteiger partial charge in [-0.3, -0.25) is 9.59 Å². The molecule has 1 aliphatic rings. The smallest absolute Gasteiger partial charge is 0.227 e. The van der Waals surface area contributed by atoms with E-state index in [0.29, 0.717) is 6.42 Å². The maximum Gasteiger partial charge on any atom is 0.227 e. The number of anilines is 2. The van der Waals surface area contributed by atoms with E-state index in [1.54, 1.807) is 0 Å². The Kier molecular flexibility index (Phi) is 4.99. The minimum absolute atomic E-state index is 0.0182. The Morgan fingerprint density at radius 2 is 2.10 bits per heavy atom. The molecule has 1 heterocycles. The number of rotatable bonds is 5. The fraction of sp³-hybridized carbons (Fsp3) is 0.529. The molecule has 1 aromatic rings. The third kappa shape index (κ3) is 3.63. The average molecular weight is 288 g/mol. The number of amides is 2. The number of nitrogens with zero attached hydrogens (tertiary/aromatic N) is 1. The second kappa shape index (κ2) is 6.74. The number of carbonyl (C=O) groups is 2. The van der Waals surface area contributed by atoms with E-state index >= 15 is 0 Å². The van der Waals surface area contributed by atoms with Crippen LogP contribution in [0.15, 0.2) is 18.2 Å². The van der Waals surface area contributed by atoms with E-state index in [1.165, 1.54) is 0 Å². The maximum absolute atomic E-state index is 12.1. The number of nitrogens with one attached hydrogen (secondary N) is 1. The van der Waals surface area contributed by atoms with Gasteiger partial charge in [0.05, 0.1) is 0 Å². The van der Waals surface area contributed by atoms with Gasteiger partial charge in [-0.05, 0) is 36.6 Å². The van der Waals surface area contributed by atoms with Crippen LogP contribution in [-0.2, 0) is 16.0 Å². The normalized spacial score (nSPS) is 14.3. The Balaban J connectivity index is 2.20. The van der Waals surface area contributed by atoms with Gasteiger partial charge >= 0.3 is 0 Å². The Bertz CT molecular complexity index is 538. The summed E-state index contributed by atoms with van der Waals surface area (Å²) in [5.74, 6) is 0.184. The molecule has 0 radical (unpaired) electrons. The maximum atomic E-state index is 12.1. The number of hydrogen-bond acceptors (Lipinski definition) is 2. The monoisotopic (exact) mass is 288 g/mol. The SMILES string of the molecule is CCCCN1C(=O)CCc2cc(NC(=O)C(C)C)ccc21. The van der Waals surface area contributed by atoms with Crippen molar-refractivity contribution in [2.24, 2.45) is 5.92 Å². The molecule has 1 aromatic carbocycles. The fourth-order valence-corrected chi connectivity index (χ4v) is 2.49. The lowest BCUT2D eigenvalue weighted by atomic mass is 10.00. The summed E-state index contributed by atoms with van der Waals surface area (Å²) in [7, 11) is 0. The van der Waals surface area contributed by atoms with Crippen LogP contribution in [0.25, 0.3) is 0 Å². The van der Waals surface area contributed by atoms with Gasteiger partial charge in [0.15, 0.2) is 0 Å². The van der Waals surface area contributed by atoms with Gasteiger partial charge in [0.1, 0.15) is 0 Å². The number of hydrogen-bond donors (Lipinski definition) is 1. The highest BCUT2D eigenvalue weighted by Crippen LogP contribution is 2.30. The van der Waals surface area contributed by atoms with Gasteiger partial charge in [0.2, 0.25) is 11.8 Å². The molecular formula is C17H24N2O2. The largest absolute Gasteiger partial charge is 0.326 e. The summed E-state index contributed by atoms with van der Waals surface area (Å²) >= 11 is 0. The molecule has 4 nitrogen and oxygen atoms in total. The van der Waals surface area contributed by atoms with E-state index in [4.69, 9.17) is 0 Å². The van der Waals surface area contributed by atoms with Crippen molar-refractivity contribution in [2.45, 2.75) is 46.5 Å². The first kappa shape index (κ1) is 15.5. The van der Waals surface area contributed by atoms with Crippen LogP contribution >= 0.6 is 0 Å². The zero-order chi connectivity index (χ0) is 15.4. The Morgan fingerprint density at radius 1 is 1.33 bits per heavy atom. The molecule has 1 N–H and O–H groups in total. The molecule has 2 amide bonds. The summed E-state index contributed by atoms with van der Waals surface area (Å²) in [4.78, 5) is 25.7. The lowest BCUT2D eigenvalue weighted by Crippen LogP contribution is -2.35. The highest BCUT2D eigenvalue weighted by Gasteiger charge is 2.23. The first-order valence-electron chi connectivity index (χ1n) is 7.77. The van der Waals surface area contributed by atoms with Gasteiger partial charge in [-0.2, -0.15) is 0 Å². The molecule has 0 fully saturated rings. The molecule has 1 aliphatic heterocycles. The first-order chi connectivity index (χ1) is 10.0. The molecule has 2 rings (SSSR count). The molecule has 0 saturated carbocycles. The predicted molar refractivity (Wildman–Crippen MR) is 85.5 cm³/mol. The highest BCUT2D eigenvalue weighted by atomic mass is 16.2. The third-order valence-corrected chi connectivity index (χ3v) is 3.81. The quantitative estimate of drug-likeness (QED) is 0.903. The highest BCUT2D eigenvalue weighted by molar-refractivity contribution is 5.97. The van der Waals surface area contributed by atoms with E-state index in [9.17, 15) is 9.59 Å². The van der Waals surface area contributed by atoms with Gasteiger partial charge < -0.3 is 10.2 Å². The van der Waals surface area contributed by atoms with E-state index in [-0.39, 0.29) is 17.7 Å². The van der Waals surface area contributed by atoms with E-state index in [1.807, 2.05) is 36.9 Å². The van der Waals surface area contributed by atoms with E-state index in [0.717, 1.165) is 42.7 Å². The standard InChI is InChI=1S/C17H24N2O2/c1-4-5-10-19-15-8-7-14(18-17(21)12(2)3)11-13(15)6-9-16(19)20/h7-8,11-12H,4-6,9-10H2,1-3H3,(H,18,21). The van der Waals surface area contributed by atoms with Crippen molar-refractivity contribution in [1.29, 1.82) is 0 Å². The summed E-state index contributed by atoms with van der Waals surface area (Å²) in [5, 5.41) is 2.92. The van der Waals surface area contributed by atoms with Crippen molar-refractivity contribution >= 4 is 23.2 Å². The molecule has 0 bridgehead atoms. The van der Waals surface area contributed by atoms with Crippen molar-refractivity contribution in [3.63, 3.8) is 0 Å². The van der Waals surface area contributed by atoms with Crippen LogP contribution in [0.2, 0.25) is 0 Å². The van der Waals surface area contributed by atoms with Crippen molar-refractivity contribution in [3.05, 3.63) is 23.8 Å². The molecule has 0 unspecified atom stereocenters. The van der Waals surface area contributed by atoms with Crippen LogP contribution in [0.5, 0.6) is 0 Å². The summed E-state index contributed by atoms with van der Waals surface area (Å²) < 4.78 is 0. The van der Waals surface area contributed by atoms with Gasteiger partial charge in [0.25, 0.3) is 0 Å². The Labute approximate surface area is 126 Å². The first-order valence-corrected chi connectivity index (χ1v) is 7.77. The molecule has 0 aromatic heterocycles. The lowest BCUT2D eigenvalue weighted by molar-refractivity contribution is -0.119. The zero-order valence-electron chi connectivity index (χ0n) is 13.1. The fourth-order valence-electron chi connectivity index (χ4n) is 2.49. The predicted octanol–water partition coefficient (Wildman–Crippen LogP) is 3.36. The minimum atomic E-state index is -0.0383. The molecule has 0 aliphatic carbocycles. The van der Waals surface area contributed by atoms with Crippen LogP contribution in [0, 0.1) is 5.92 Å². The molecule has 0 spiro atoms.